The minimum atomic E-state index is -3.96. The Labute approximate surface area is 148 Å². The second-order valence-corrected chi connectivity index (χ2v) is 8.25. The standard InChI is InChI=1S/C16H11Cl2NO4S/c17-10-6-11(18)8-12(7-10)19-15(20)9-14(16(19)21)24(22,23)13-4-2-1-3-5-13/h1-8,14H,9H2/t14-/m0/s1. The van der Waals surface area contributed by atoms with Gasteiger partial charge in [0.25, 0.3) is 5.91 Å². The van der Waals surface area contributed by atoms with E-state index < -0.39 is 33.3 Å². The molecule has 1 saturated heterocycles. The number of carbonyl (C=O) groups is 2. The number of anilines is 1. The normalized spacial score (nSPS) is 18.2. The van der Waals surface area contributed by atoms with Crippen LogP contribution in [0.4, 0.5) is 5.69 Å². The number of nitrogens with zero attached hydrogens (tertiary/aromatic N) is 1. The van der Waals surface area contributed by atoms with Gasteiger partial charge in [-0.05, 0) is 30.3 Å². The van der Waals surface area contributed by atoms with Crippen LogP contribution < -0.4 is 4.90 Å². The van der Waals surface area contributed by atoms with E-state index in [1.807, 2.05) is 0 Å². The summed E-state index contributed by atoms with van der Waals surface area (Å²) in [6.07, 6.45) is -0.416. The Morgan fingerprint density at radius 3 is 2.12 bits per heavy atom. The zero-order valence-corrected chi connectivity index (χ0v) is 14.5. The van der Waals surface area contributed by atoms with E-state index in [0.29, 0.717) is 0 Å². The number of sulfone groups is 1. The smallest absolute Gasteiger partial charge is 0.253 e. The molecule has 0 N–H and O–H groups in total. The molecule has 5 nitrogen and oxygen atoms in total. The van der Waals surface area contributed by atoms with Crippen LogP contribution in [0.1, 0.15) is 6.42 Å². The molecule has 124 valence electrons. The van der Waals surface area contributed by atoms with Gasteiger partial charge in [-0.1, -0.05) is 41.4 Å². The fourth-order valence-electron chi connectivity index (χ4n) is 2.56. The third-order valence-electron chi connectivity index (χ3n) is 3.66. The van der Waals surface area contributed by atoms with E-state index in [1.165, 1.54) is 30.3 Å². The van der Waals surface area contributed by atoms with Gasteiger partial charge in [-0.25, -0.2) is 13.3 Å². The highest BCUT2D eigenvalue weighted by Crippen LogP contribution is 2.32. The predicted molar refractivity (Wildman–Crippen MR) is 91.0 cm³/mol. The molecule has 2 aromatic rings. The molecule has 0 radical (unpaired) electrons. The Morgan fingerprint density at radius 2 is 1.54 bits per heavy atom. The van der Waals surface area contributed by atoms with Gasteiger partial charge >= 0.3 is 0 Å². The predicted octanol–water partition coefficient (Wildman–Crippen LogP) is 3.10. The van der Waals surface area contributed by atoms with Gasteiger partial charge in [0.05, 0.1) is 17.0 Å². The number of carbonyl (C=O) groups excluding carboxylic acids is 2. The summed E-state index contributed by atoms with van der Waals surface area (Å²) in [6, 6.07) is 11.8. The molecule has 0 aliphatic carbocycles. The molecule has 3 rings (SSSR count). The molecule has 8 heteroatoms. The molecule has 2 aromatic carbocycles. The van der Waals surface area contributed by atoms with Gasteiger partial charge in [0.1, 0.15) is 0 Å². The van der Waals surface area contributed by atoms with Crippen molar-refractivity contribution in [3.05, 3.63) is 58.6 Å². The van der Waals surface area contributed by atoms with Crippen LogP contribution in [0.15, 0.2) is 53.4 Å². The lowest BCUT2D eigenvalue weighted by Crippen LogP contribution is -2.35. The molecule has 1 aliphatic heterocycles. The SMILES string of the molecule is O=C1C[C@H](S(=O)(=O)c2ccccc2)C(=O)N1c1cc(Cl)cc(Cl)c1. The number of hydrogen-bond acceptors (Lipinski definition) is 4. The summed E-state index contributed by atoms with van der Waals surface area (Å²) in [4.78, 5) is 25.7. The molecule has 0 aromatic heterocycles. The van der Waals surface area contributed by atoms with E-state index in [1.54, 1.807) is 18.2 Å². The zero-order chi connectivity index (χ0) is 17.5. The zero-order valence-electron chi connectivity index (χ0n) is 12.1. The second-order valence-electron chi connectivity index (χ2n) is 5.25. The molecule has 1 heterocycles. The largest absolute Gasteiger partial charge is 0.274 e. The number of rotatable bonds is 3. The third kappa shape index (κ3) is 2.92. The molecule has 2 amide bonds. The molecular formula is C16H11Cl2NO4S. The van der Waals surface area contributed by atoms with Gasteiger partial charge in [0, 0.05) is 10.0 Å². The van der Waals surface area contributed by atoms with Gasteiger partial charge in [-0.2, -0.15) is 0 Å². The average molecular weight is 384 g/mol. The van der Waals surface area contributed by atoms with Crippen molar-refractivity contribution in [1.29, 1.82) is 0 Å². The van der Waals surface area contributed by atoms with Crippen molar-refractivity contribution in [3.63, 3.8) is 0 Å². The van der Waals surface area contributed by atoms with Crippen molar-refractivity contribution in [1.82, 2.24) is 0 Å². The van der Waals surface area contributed by atoms with Gasteiger partial charge in [-0.3, -0.25) is 9.59 Å². The first-order valence-electron chi connectivity index (χ1n) is 6.92. The van der Waals surface area contributed by atoms with Gasteiger partial charge in [-0.15, -0.1) is 0 Å². The highest BCUT2D eigenvalue weighted by Gasteiger charge is 2.47. The number of amides is 2. The van der Waals surface area contributed by atoms with Crippen LogP contribution >= 0.6 is 23.2 Å². The molecule has 0 bridgehead atoms. The topological polar surface area (TPSA) is 71.5 Å². The molecule has 1 aliphatic rings. The maximum Gasteiger partial charge on any atom is 0.253 e. The molecule has 0 unspecified atom stereocenters. The lowest BCUT2D eigenvalue weighted by atomic mass is 10.3. The maximum absolute atomic E-state index is 12.6. The van der Waals surface area contributed by atoms with Crippen LogP contribution in [0.3, 0.4) is 0 Å². The fourth-order valence-corrected chi connectivity index (χ4v) is 4.67. The third-order valence-corrected chi connectivity index (χ3v) is 6.14. The van der Waals surface area contributed by atoms with Crippen molar-refractivity contribution in [2.45, 2.75) is 16.6 Å². The number of benzene rings is 2. The van der Waals surface area contributed by atoms with E-state index >= 15 is 0 Å². The molecule has 1 fully saturated rings. The van der Waals surface area contributed by atoms with E-state index in [0.717, 1.165) is 4.90 Å². The van der Waals surface area contributed by atoms with Gasteiger partial charge in [0.15, 0.2) is 15.1 Å². The molecule has 0 saturated carbocycles. The van der Waals surface area contributed by atoms with E-state index in [2.05, 4.69) is 0 Å². The molecule has 1 atom stereocenters. The van der Waals surface area contributed by atoms with Crippen LogP contribution in [0.25, 0.3) is 0 Å². The summed E-state index contributed by atoms with van der Waals surface area (Å²) < 4.78 is 25.3. The van der Waals surface area contributed by atoms with Crippen molar-refractivity contribution < 1.29 is 18.0 Å². The van der Waals surface area contributed by atoms with Crippen LogP contribution in [-0.2, 0) is 19.4 Å². The lowest BCUT2D eigenvalue weighted by molar-refractivity contribution is -0.121. The molecular weight excluding hydrogens is 373 g/mol. The van der Waals surface area contributed by atoms with E-state index in [9.17, 15) is 18.0 Å². The summed E-state index contributed by atoms with van der Waals surface area (Å²) in [5.41, 5.74) is 0.160. The fraction of sp³-hybridized carbons (Fsp3) is 0.125. The minimum absolute atomic E-state index is 0.00197. The van der Waals surface area contributed by atoms with Crippen LogP contribution in [0, 0.1) is 0 Å². The first kappa shape index (κ1) is 17.0. The first-order valence-corrected chi connectivity index (χ1v) is 9.23. The number of imide groups is 1. The summed E-state index contributed by atoms with van der Waals surface area (Å²) in [6.45, 7) is 0. The number of hydrogen-bond donors (Lipinski definition) is 0. The van der Waals surface area contributed by atoms with Crippen molar-refractivity contribution in [3.8, 4) is 0 Å². The first-order chi connectivity index (χ1) is 11.3. The summed E-state index contributed by atoms with van der Waals surface area (Å²) in [5, 5.41) is -0.968. The Morgan fingerprint density at radius 1 is 0.958 bits per heavy atom. The maximum atomic E-state index is 12.6. The Balaban J connectivity index is 2.01. The van der Waals surface area contributed by atoms with Crippen LogP contribution in [0.2, 0.25) is 10.0 Å². The van der Waals surface area contributed by atoms with Crippen LogP contribution in [-0.4, -0.2) is 25.5 Å². The Hall–Kier alpha value is -1.89. The minimum Gasteiger partial charge on any atom is -0.274 e. The van der Waals surface area contributed by atoms with Crippen molar-refractivity contribution in [2.24, 2.45) is 0 Å². The second kappa shape index (κ2) is 6.20. The van der Waals surface area contributed by atoms with Crippen molar-refractivity contribution >= 4 is 50.5 Å². The summed E-state index contributed by atoms with van der Waals surface area (Å²) >= 11 is 11.8. The van der Waals surface area contributed by atoms with E-state index in [-0.39, 0.29) is 20.6 Å². The quantitative estimate of drug-likeness (QED) is 0.763. The summed E-state index contributed by atoms with van der Waals surface area (Å²) in [5.74, 6) is -1.41. The molecule has 24 heavy (non-hydrogen) atoms. The van der Waals surface area contributed by atoms with Crippen molar-refractivity contribution in [2.75, 3.05) is 4.90 Å². The Bertz CT molecular complexity index is 908. The monoisotopic (exact) mass is 383 g/mol. The van der Waals surface area contributed by atoms with Gasteiger partial charge < -0.3 is 0 Å². The number of halogens is 2. The van der Waals surface area contributed by atoms with E-state index in [4.69, 9.17) is 23.2 Å². The van der Waals surface area contributed by atoms with Gasteiger partial charge in [0.2, 0.25) is 5.91 Å². The molecule has 0 spiro atoms. The highest BCUT2D eigenvalue weighted by molar-refractivity contribution is 7.93. The average Bonchev–Trinajstić information content (AvgIpc) is 2.82. The lowest BCUT2D eigenvalue weighted by Gasteiger charge is -2.16. The highest BCUT2D eigenvalue weighted by atomic mass is 35.5. The summed E-state index contributed by atoms with van der Waals surface area (Å²) in [7, 11) is -3.96. The Kier molecular flexibility index (Phi) is 4.38. The van der Waals surface area contributed by atoms with Crippen LogP contribution in [0.5, 0.6) is 0 Å².